The normalized spacial score (nSPS) is 13.2. The molecule has 0 saturated carbocycles. The summed E-state index contributed by atoms with van der Waals surface area (Å²) < 4.78 is 10.9. The van der Waals surface area contributed by atoms with E-state index in [1.165, 1.54) is 0 Å². The molecule has 0 saturated heterocycles. The van der Waals surface area contributed by atoms with Gasteiger partial charge >= 0.3 is 0 Å². The highest BCUT2D eigenvalue weighted by atomic mass is 35.5. The van der Waals surface area contributed by atoms with Crippen molar-refractivity contribution in [1.82, 2.24) is 0 Å². The van der Waals surface area contributed by atoms with Gasteiger partial charge in [0.15, 0.2) is 12.6 Å². The second-order valence-electron chi connectivity index (χ2n) is 5.12. The van der Waals surface area contributed by atoms with Gasteiger partial charge < -0.3 is 14.8 Å². The number of para-hydroxylation sites is 1. The van der Waals surface area contributed by atoms with Gasteiger partial charge in [0.05, 0.1) is 6.61 Å². The first-order valence-electron chi connectivity index (χ1n) is 7.01. The van der Waals surface area contributed by atoms with E-state index in [2.05, 4.69) is 5.32 Å². The lowest BCUT2D eigenvalue weighted by Gasteiger charge is -2.21. The van der Waals surface area contributed by atoms with Crippen molar-refractivity contribution in [2.24, 2.45) is 0 Å². The Balaban J connectivity index is 1.86. The fourth-order valence-electron chi connectivity index (χ4n) is 2.52. The molecular weight excluding hydrogens is 302 g/mol. The van der Waals surface area contributed by atoms with Gasteiger partial charge in [0.1, 0.15) is 5.75 Å². The minimum atomic E-state index is 0.0286. The molecule has 0 aliphatic carbocycles. The third-order valence-electron chi connectivity index (χ3n) is 3.53. The Kier molecular flexibility index (Phi) is 4.32. The highest BCUT2D eigenvalue weighted by Crippen LogP contribution is 2.32. The van der Waals surface area contributed by atoms with Crippen molar-refractivity contribution >= 4 is 23.1 Å². The topological polar surface area (TPSA) is 47.6 Å². The predicted molar refractivity (Wildman–Crippen MR) is 85.5 cm³/mol. The molecule has 0 spiro atoms. The number of Topliss-reactive ketones (excluding diaryl/α,β-unsaturated/α-hetero) is 1. The maximum absolute atomic E-state index is 11.7. The molecule has 0 fully saturated rings. The monoisotopic (exact) mass is 317 g/mol. The number of rotatable bonds is 4. The predicted octanol–water partition coefficient (Wildman–Crippen LogP) is 4.02. The van der Waals surface area contributed by atoms with E-state index in [0.29, 0.717) is 23.7 Å². The molecule has 22 heavy (non-hydrogen) atoms. The van der Waals surface area contributed by atoms with Crippen LogP contribution in [0.5, 0.6) is 5.75 Å². The molecule has 0 amide bonds. The van der Waals surface area contributed by atoms with Crippen LogP contribution in [0.1, 0.15) is 28.4 Å². The Labute approximate surface area is 134 Å². The van der Waals surface area contributed by atoms with Crippen LogP contribution in [0.3, 0.4) is 0 Å². The molecule has 0 radical (unpaired) electrons. The molecule has 4 nitrogen and oxygen atoms in total. The number of ether oxygens (including phenoxy) is 2. The summed E-state index contributed by atoms with van der Waals surface area (Å²) in [6.45, 7) is 2.81. The van der Waals surface area contributed by atoms with Gasteiger partial charge in [-0.2, -0.15) is 0 Å². The number of fused-ring (bicyclic) bond motifs is 1. The van der Waals surface area contributed by atoms with E-state index in [1.807, 2.05) is 36.4 Å². The van der Waals surface area contributed by atoms with E-state index in [0.717, 1.165) is 22.6 Å². The fraction of sp³-hybridized carbons (Fsp3) is 0.235. The fourth-order valence-corrected chi connectivity index (χ4v) is 2.79. The third kappa shape index (κ3) is 3.08. The Bertz CT molecular complexity index is 715. The number of nitrogens with one attached hydrogen (secondary N) is 1. The van der Waals surface area contributed by atoms with Crippen LogP contribution < -0.4 is 10.1 Å². The first kappa shape index (κ1) is 14.9. The van der Waals surface area contributed by atoms with Gasteiger partial charge in [-0.25, -0.2) is 0 Å². The number of hydrogen-bond donors (Lipinski definition) is 1. The summed E-state index contributed by atoms with van der Waals surface area (Å²) in [5.74, 6) is 0.837. The van der Waals surface area contributed by atoms with E-state index in [1.54, 1.807) is 6.92 Å². The third-order valence-corrected chi connectivity index (χ3v) is 3.75. The zero-order valence-corrected chi connectivity index (χ0v) is 12.9. The summed E-state index contributed by atoms with van der Waals surface area (Å²) in [6, 6.07) is 11.2. The molecule has 5 heteroatoms. The first-order chi connectivity index (χ1) is 10.6. The molecule has 1 N–H and O–H groups in total. The summed E-state index contributed by atoms with van der Waals surface area (Å²) >= 11 is 6.15. The van der Waals surface area contributed by atoms with E-state index in [-0.39, 0.29) is 12.6 Å². The van der Waals surface area contributed by atoms with Crippen molar-refractivity contribution in [3.05, 3.63) is 58.1 Å². The highest BCUT2D eigenvalue weighted by molar-refractivity contribution is 6.30. The van der Waals surface area contributed by atoms with Crippen LogP contribution in [-0.2, 0) is 17.9 Å². The minimum Gasteiger partial charge on any atom is -0.467 e. The number of carbonyl (C=O) groups excluding carboxylic acids is 1. The second-order valence-corrected chi connectivity index (χ2v) is 5.56. The smallest absolute Gasteiger partial charge is 0.189 e. The summed E-state index contributed by atoms with van der Waals surface area (Å²) in [7, 11) is 0. The Morgan fingerprint density at radius 2 is 2.14 bits per heavy atom. The van der Waals surface area contributed by atoms with Crippen molar-refractivity contribution in [1.29, 1.82) is 0 Å². The van der Waals surface area contributed by atoms with Gasteiger partial charge in [-0.15, -0.1) is 0 Å². The summed E-state index contributed by atoms with van der Waals surface area (Å²) in [5.41, 5.74) is 3.36. The van der Waals surface area contributed by atoms with E-state index in [9.17, 15) is 4.79 Å². The molecule has 1 aliphatic heterocycles. The zero-order chi connectivity index (χ0) is 15.5. The SMILES string of the molecule is CC(=O)c1ccccc1NCc1cc(Cl)cc2c1OCOC2. The van der Waals surface area contributed by atoms with Gasteiger partial charge in [-0.3, -0.25) is 4.79 Å². The number of anilines is 1. The van der Waals surface area contributed by atoms with Crippen LogP contribution in [0.15, 0.2) is 36.4 Å². The zero-order valence-electron chi connectivity index (χ0n) is 12.2. The largest absolute Gasteiger partial charge is 0.467 e. The van der Waals surface area contributed by atoms with Crippen LogP contribution >= 0.6 is 11.6 Å². The van der Waals surface area contributed by atoms with Crippen LogP contribution in [0.25, 0.3) is 0 Å². The number of benzene rings is 2. The average Bonchev–Trinajstić information content (AvgIpc) is 2.52. The van der Waals surface area contributed by atoms with E-state index < -0.39 is 0 Å². The molecule has 0 atom stereocenters. The Morgan fingerprint density at radius 1 is 1.32 bits per heavy atom. The van der Waals surface area contributed by atoms with E-state index in [4.69, 9.17) is 21.1 Å². The lowest BCUT2D eigenvalue weighted by molar-refractivity contribution is -0.0169. The maximum atomic E-state index is 11.7. The van der Waals surface area contributed by atoms with Crippen LogP contribution in [0.4, 0.5) is 5.69 Å². The standard InChI is InChI=1S/C17H16ClNO3/c1-11(20)15-4-2-3-5-16(15)19-8-12-6-14(18)7-13-9-21-10-22-17(12)13/h2-7,19H,8-10H2,1H3. The molecule has 2 aromatic rings. The number of carbonyl (C=O) groups is 1. The van der Waals surface area contributed by atoms with Gasteiger partial charge in [-0.05, 0) is 31.2 Å². The summed E-state index contributed by atoms with van der Waals surface area (Å²) in [6.07, 6.45) is 0. The van der Waals surface area contributed by atoms with Crippen molar-refractivity contribution in [2.75, 3.05) is 12.1 Å². The summed E-state index contributed by atoms with van der Waals surface area (Å²) in [4.78, 5) is 11.7. The van der Waals surface area contributed by atoms with Crippen LogP contribution in [0, 0.1) is 0 Å². The van der Waals surface area contributed by atoms with Gasteiger partial charge in [-0.1, -0.05) is 23.7 Å². The molecule has 3 rings (SSSR count). The minimum absolute atomic E-state index is 0.0286. The second kappa shape index (κ2) is 6.38. The van der Waals surface area contributed by atoms with Gasteiger partial charge in [0.25, 0.3) is 0 Å². The average molecular weight is 318 g/mol. The summed E-state index contributed by atoms with van der Waals surface area (Å²) in [5, 5.41) is 3.93. The Hall–Kier alpha value is -2.04. The van der Waals surface area contributed by atoms with Crippen molar-refractivity contribution < 1.29 is 14.3 Å². The molecule has 2 aromatic carbocycles. The molecule has 114 valence electrons. The quantitative estimate of drug-likeness (QED) is 0.865. The maximum Gasteiger partial charge on any atom is 0.189 e. The van der Waals surface area contributed by atoms with Gasteiger partial charge in [0, 0.05) is 33.9 Å². The first-order valence-corrected chi connectivity index (χ1v) is 7.38. The lowest BCUT2D eigenvalue weighted by Crippen LogP contribution is -2.14. The lowest BCUT2D eigenvalue weighted by atomic mass is 10.1. The van der Waals surface area contributed by atoms with Crippen LogP contribution in [-0.4, -0.2) is 12.6 Å². The van der Waals surface area contributed by atoms with Crippen molar-refractivity contribution in [3.8, 4) is 5.75 Å². The number of halogens is 1. The van der Waals surface area contributed by atoms with Crippen molar-refractivity contribution in [3.63, 3.8) is 0 Å². The number of hydrogen-bond acceptors (Lipinski definition) is 4. The Morgan fingerprint density at radius 3 is 2.95 bits per heavy atom. The highest BCUT2D eigenvalue weighted by Gasteiger charge is 2.16. The van der Waals surface area contributed by atoms with Crippen molar-refractivity contribution in [2.45, 2.75) is 20.1 Å². The molecular formula is C17H16ClNO3. The molecule has 0 aromatic heterocycles. The number of ketones is 1. The molecule has 1 aliphatic rings. The van der Waals surface area contributed by atoms with E-state index >= 15 is 0 Å². The van der Waals surface area contributed by atoms with Crippen LogP contribution in [0.2, 0.25) is 5.02 Å². The van der Waals surface area contributed by atoms with Gasteiger partial charge in [0.2, 0.25) is 0 Å². The molecule has 1 heterocycles. The molecule has 0 unspecified atom stereocenters. The molecule has 0 bridgehead atoms.